The lowest BCUT2D eigenvalue weighted by atomic mass is 10.2. The van der Waals surface area contributed by atoms with Gasteiger partial charge in [0.15, 0.2) is 0 Å². The predicted octanol–water partition coefficient (Wildman–Crippen LogP) is 6.86. The molecule has 0 fully saturated rings. The van der Waals surface area contributed by atoms with Crippen LogP contribution in [0.1, 0.15) is 22.5 Å². The van der Waals surface area contributed by atoms with E-state index in [0.717, 1.165) is 28.2 Å². The lowest BCUT2D eigenvalue weighted by Crippen LogP contribution is -2.32. The second-order valence-electron chi connectivity index (χ2n) is 8.58. The van der Waals surface area contributed by atoms with Crippen molar-refractivity contribution in [2.45, 2.75) is 20.8 Å². The second-order valence-corrected chi connectivity index (χ2v) is 11.6. The standard InChI is InChI=1S/C26H23BrN5O3P/c1-17-9-11-20(12-10-17)30-18(2)23-16-28-31(21-7-5-4-6-8-21)36(35,26(23)19(30)3)29-25-14-13-22(32(33)34)15-24(25)27/h4-16H,1-3H3,(H,29,35)/t36-/m0/s1. The van der Waals surface area contributed by atoms with Crippen molar-refractivity contribution in [1.82, 2.24) is 4.57 Å². The van der Waals surface area contributed by atoms with Crippen molar-refractivity contribution in [3.05, 3.63) is 110 Å². The number of hydrogen-bond donors (Lipinski definition) is 1. The molecule has 4 aromatic rings. The number of nitro benzene ring substituents is 1. The van der Waals surface area contributed by atoms with Gasteiger partial charge in [0.2, 0.25) is 0 Å². The van der Waals surface area contributed by atoms with Gasteiger partial charge in [-0.2, -0.15) is 9.88 Å². The number of benzene rings is 3. The molecule has 1 aromatic heterocycles. The zero-order valence-corrected chi connectivity index (χ0v) is 22.3. The van der Waals surface area contributed by atoms with Crippen molar-refractivity contribution in [3.8, 4) is 5.69 Å². The van der Waals surface area contributed by atoms with E-state index in [-0.39, 0.29) is 5.69 Å². The molecule has 0 bridgehead atoms. The summed E-state index contributed by atoms with van der Waals surface area (Å²) in [6.45, 7) is 5.98. The fraction of sp³-hybridized carbons (Fsp3) is 0.115. The van der Waals surface area contributed by atoms with E-state index >= 15 is 4.57 Å². The molecule has 1 atom stereocenters. The summed E-state index contributed by atoms with van der Waals surface area (Å²) in [5.74, 6) is 0. The number of para-hydroxylation sites is 1. The van der Waals surface area contributed by atoms with Crippen molar-refractivity contribution in [3.63, 3.8) is 0 Å². The molecule has 1 aliphatic heterocycles. The van der Waals surface area contributed by atoms with Crippen LogP contribution in [0.15, 0.2) is 82.4 Å². The Balaban J connectivity index is 1.72. The summed E-state index contributed by atoms with van der Waals surface area (Å²) in [6.07, 6.45) is 1.75. The van der Waals surface area contributed by atoms with Gasteiger partial charge >= 0.3 is 7.44 Å². The number of nitrogens with zero attached hydrogens (tertiary/aromatic N) is 4. The number of nitro groups is 1. The van der Waals surface area contributed by atoms with E-state index in [1.807, 2.05) is 75.4 Å². The Bertz CT molecular complexity index is 1560. The molecule has 0 amide bonds. The van der Waals surface area contributed by atoms with E-state index < -0.39 is 12.4 Å². The van der Waals surface area contributed by atoms with Crippen LogP contribution >= 0.6 is 23.4 Å². The number of fused-ring (bicyclic) bond motifs is 1. The van der Waals surface area contributed by atoms with Crippen molar-refractivity contribution < 1.29 is 9.49 Å². The fourth-order valence-corrected chi connectivity index (χ4v) is 7.78. The summed E-state index contributed by atoms with van der Waals surface area (Å²) in [4.78, 5) is 10.8. The van der Waals surface area contributed by atoms with Crippen LogP contribution in [0.3, 0.4) is 0 Å². The molecule has 0 aliphatic carbocycles. The maximum Gasteiger partial charge on any atom is 0.312 e. The first kappa shape index (κ1) is 24.0. The molecule has 0 saturated heterocycles. The Hall–Kier alpha value is -3.68. The van der Waals surface area contributed by atoms with Gasteiger partial charge in [-0.25, -0.2) is 0 Å². The van der Waals surface area contributed by atoms with E-state index in [1.54, 1.807) is 12.3 Å². The first-order valence-electron chi connectivity index (χ1n) is 11.2. The van der Waals surface area contributed by atoms with E-state index in [2.05, 4.69) is 30.7 Å². The van der Waals surface area contributed by atoms with Crippen LogP contribution < -0.4 is 15.2 Å². The number of hydrazone groups is 1. The molecule has 0 saturated carbocycles. The van der Waals surface area contributed by atoms with Crippen molar-refractivity contribution in [2.24, 2.45) is 5.10 Å². The molecule has 1 N–H and O–H groups in total. The molecule has 10 heteroatoms. The molecule has 5 rings (SSSR count). The monoisotopic (exact) mass is 563 g/mol. The molecule has 36 heavy (non-hydrogen) atoms. The normalized spacial score (nSPS) is 16.6. The number of anilines is 2. The molecule has 3 aromatic carbocycles. The number of hydrogen-bond acceptors (Lipinski definition) is 4. The Morgan fingerprint density at radius 3 is 2.28 bits per heavy atom. The zero-order chi connectivity index (χ0) is 25.6. The molecule has 2 heterocycles. The van der Waals surface area contributed by atoms with Crippen LogP contribution in [0.5, 0.6) is 0 Å². The van der Waals surface area contributed by atoms with Gasteiger partial charge in [-0.15, -0.1) is 0 Å². The summed E-state index contributed by atoms with van der Waals surface area (Å²) in [5.41, 5.74) is 5.71. The molecular formula is C26H23BrN5O3P. The number of rotatable bonds is 5. The third kappa shape index (κ3) is 3.94. The Morgan fingerprint density at radius 1 is 0.944 bits per heavy atom. The highest BCUT2D eigenvalue weighted by molar-refractivity contribution is 9.10. The first-order valence-corrected chi connectivity index (χ1v) is 13.7. The summed E-state index contributed by atoms with van der Waals surface area (Å²) < 4.78 is 19.2. The maximum atomic E-state index is 15.1. The first-order chi connectivity index (χ1) is 17.2. The number of aromatic nitrogens is 1. The molecular weight excluding hydrogens is 541 g/mol. The maximum absolute atomic E-state index is 15.1. The lowest BCUT2D eigenvalue weighted by molar-refractivity contribution is -0.384. The molecule has 8 nitrogen and oxygen atoms in total. The van der Waals surface area contributed by atoms with Crippen LogP contribution in [-0.4, -0.2) is 15.7 Å². The molecule has 0 spiro atoms. The van der Waals surface area contributed by atoms with Crippen molar-refractivity contribution >= 4 is 52.0 Å². The third-order valence-corrected chi connectivity index (χ3v) is 9.48. The summed E-state index contributed by atoms with van der Waals surface area (Å²) in [6, 6.07) is 21.8. The smallest absolute Gasteiger partial charge is 0.312 e. The van der Waals surface area contributed by atoms with E-state index in [0.29, 0.717) is 21.2 Å². The summed E-state index contributed by atoms with van der Waals surface area (Å²) in [7, 11) is -3.63. The van der Waals surface area contributed by atoms with Gasteiger partial charge < -0.3 is 9.65 Å². The average molecular weight is 564 g/mol. The summed E-state index contributed by atoms with van der Waals surface area (Å²) in [5, 5.41) is 19.7. The van der Waals surface area contributed by atoms with E-state index in [4.69, 9.17) is 0 Å². The van der Waals surface area contributed by atoms with Gasteiger partial charge in [-0.3, -0.25) is 14.7 Å². The minimum absolute atomic E-state index is 0.0643. The second kappa shape index (κ2) is 9.08. The van der Waals surface area contributed by atoms with Crippen molar-refractivity contribution in [2.75, 3.05) is 9.87 Å². The van der Waals surface area contributed by atoms with Crippen LogP contribution in [0.4, 0.5) is 17.1 Å². The third-order valence-electron chi connectivity index (χ3n) is 6.24. The van der Waals surface area contributed by atoms with Crippen LogP contribution in [0, 0.1) is 30.9 Å². The van der Waals surface area contributed by atoms with Gasteiger partial charge in [0, 0.05) is 39.2 Å². The van der Waals surface area contributed by atoms with Crippen LogP contribution in [0.2, 0.25) is 0 Å². The van der Waals surface area contributed by atoms with Gasteiger partial charge in [-0.05, 0) is 67.0 Å². The minimum atomic E-state index is -3.63. The molecule has 0 radical (unpaired) electrons. The predicted molar refractivity (Wildman–Crippen MR) is 148 cm³/mol. The Kier molecular flexibility index (Phi) is 6.06. The quantitative estimate of drug-likeness (QED) is 0.163. The highest BCUT2D eigenvalue weighted by Crippen LogP contribution is 2.55. The number of nitrogens with one attached hydrogen (secondary N) is 1. The number of halogens is 1. The lowest BCUT2D eigenvalue weighted by Gasteiger charge is -2.33. The molecule has 182 valence electrons. The molecule has 0 unspecified atom stereocenters. The SMILES string of the molecule is Cc1ccc(-n2c(C)c3c(c2C)[P@](=O)(Nc2ccc([N+](=O)[O-])cc2Br)N(c2ccccc2)N=C3)cc1. The van der Waals surface area contributed by atoms with E-state index in [9.17, 15) is 10.1 Å². The molecule has 1 aliphatic rings. The van der Waals surface area contributed by atoms with Crippen molar-refractivity contribution in [1.29, 1.82) is 0 Å². The zero-order valence-electron chi connectivity index (χ0n) is 19.8. The van der Waals surface area contributed by atoms with Gasteiger partial charge in [0.25, 0.3) is 5.69 Å². The Labute approximate surface area is 217 Å². The Morgan fingerprint density at radius 2 is 1.64 bits per heavy atom. The van der Waals surface area contributed by atoms with Gasteiger partial charge in [0.1, 0.15) is 0 Å². The topological polar surface area (TPSA) is 92.8 Å². The van der Waals surface area contributed by atoms with E-state index in [1.165, 1.54) is 16.9 Å². The average Bonchev–Trinajstić information content (AvgIpc) is 3.12. The van der Waals surface area contributed by atoms with Gasteiger partial charge in [0.05, 0.1) is 27.8 Å². The number of non-ortho nitro benzene ring substituents is 1. The minimum Gasteiger partial charge on any atom is -0.317 e. The summed E-state index contributed by atoms with van der Waals surface area (Å²) >= 11 is 3.41. The number of aryl methyl sites for hydroxylation is 1. The highest BCUT2D eigenvalue weighted by atomic mass is 79.9. The van der Waals surface area contributed by atoms with Gasteiger partial charge in [-0.1, -0.05) is 35.9 Å². The highest BCUT2D eigenvalue weighted by Gasteiger charge is 2.42. The largest absolute Gasteiger partial charge is 0.317 e. The fourth-order valence-electron chi connectivity index (χ4n) is 4.51. The van der Waals surface area contributed by atoms with Crippen LogP contribution in [-0.2, 0) is 4.57 Å². The van der Waals surface area contributed by atoms with Crippen LogP contribution in [0.25, 0.3) is 5.69 Å².